The summed E-state index contributed by atoms with van der Waals surface area (Å²) in [6.45, 7) is 1.45. The topological polar surface area (TPSA) is 98.5 Å². The van der Waals surface area contributed by atoms with E-state index in [0.29, 0.717) is 16.3 Å². The fourth-order valence-electron chi connectivity index (χ4n) is 1.92. The van der Waals surface area contributed by atoms with Crippen LogP contribution in [0.25, 0.3) is 6.08 Å². The van der Waals surface area contributed by atoms with E-state index in [9.17, 15) is 19.7 Å². The Morgan fingerprint density at radius 3 is 2.35 bits per heavy atom. The van der Waals surface area contributed by atoms with Gasteiger partial charge in [-0.2, -0.15) is 0 Å². The Balaban J connectivity index is 1.88. The Bertz CT molecular complexity index is 832. The fraction of sp³-hybridized carbons (Fsp3) is 0.111. The normalized spacial score (nSPS) is 11.8. The minimum absolute atomic E-state index is 0.0442. The third kappa shape index (κ3) is 5.71. The van der Waals surface area contributed by atoms with E-state index in [4.69, 9.17) is 16.3 Å². The monoisotopic (exact) mass is 374 g/mol. The maximum Gasteiger partial charge on any atom is 0.331 e. The van der Waals surface area contributed by atoms with Gasteiger partial charge in [0.05, 0.1) is 4.92 Å². The number of carbonyl (C=O) groups excluding carboxylic acids is 2. The molecule has 1 atom stereocenters. The highest BCUT2D eigenvalue weighted by atomic mass is 35.5. The first-order valence-corrected chi connectivity index (χ1v) is 7.92. The Morgan fingerprint density at radius 1 is 1.15 bits per heavy atom. The van der Waals surface area contributed by atoms with Crippen LogP contribution in [0.2, 0.25) is 5.02 Å². The standard InChI is InChI=1S/C18H15ClN2O5/c1-12(18(23)20-15-7-5-14(19)6-8-15)26-17(22)11-4-13-2-9-16(10-3-13)21(24)25/h2-12H,1H3,(H,20,23)/b11-4+. The molecule has 0 fully saturated rings. The summed E-state index contributed by atoms with van der Waals surface area (Å²) in [5.41, 5.74) is 1.08. The van der Waals surface area contributed by atoms with Crippen molar-refractivity contribution in [3.8, 4) is 0 Å². The van der Waals surface area contributed by atoms with E-state index in [1.54, 1.807) is 24.3 Å². The smallest absolute Gasteiger partial charge is 0.331 e. The number of hydrogen-bond acceptors (Lipinski definition) is 5. The number of halogens is 1. The SMILES string of the molecule is CC(OC(=O)/C=C/c1ccc([N+](=O)[O-])cc1)C(=O)Nc1ccc(Cl)cc1. The van der Waals surface area contributed by atoms with E-state index < -0.39 is 22.9 Å². The molecule has 2 aromatic rings. The molecule has 1 unspecified atom stereocenters. The summed E-state index contributed by atoms with van der Waals surface area (Å²) in [7, 11) is 0. The largest absolute Gasteiger partial charge is 0.449 e. The lowest BCUT2D eigenvalue weighted by molar-refractivity contribution is -0.384. The number of esters is 1. The number of anilines is 1. The number of benzene rings is 2. The van der Waals surface area contributed by atoms with Gasteiger partial charge in [0.2, 0.25) is 0 Å². The van der Waals surface area contributed by atoms with Crippen molar-refractivity contribution in [1.82, 2.24) is 0 Å². The summed E-state index contributed by atoms with van der Waals surface area (Å²) in [6, 6.07) is 12.2. The van der Waals surface area contributed by atoms with Crippen molar-refractivity contribution < 1.29 is 19.2 Å². The molecule has 1 amide bonds. The van der Waals surface area contributed by atoms with Gasteiger partial charge in [-0.3, -0.25) is 14.9 Å². The number of nitro groups is 1. The predicted molar refractivity (Wildman–Crippen MR) is 97.8 cm³/mol. The summed E-state index contributed by atoms with van der Waals surface area (Å²) in [4.78, 5) is 33.9. The number of nitrogens with one attached hydrogen (secondary N) is 1. The van der Waals surface area contributed by atoms with Crippen LogP contribution in [0.1, 0.15) is 12.5 Å². The molecular formula is C18H15ClN2O5. The second kappa shape index (κ2) is 8.77. The Kier molecular flexibility index (Phi) is 6.46. The van der Waals surface area contributed by atoms with Crippen molar-refractivity contribution in [2.24, 2.45) is 0 Å². The molecule has 0 aliphatic rings. The van der Waals surface area contributed by atoms with Crippen LogP contribution in [0.5, 0.6) is 0 Å². The number of nitro benzene ring substituents is 1. The highest BCUT2D eigenvalue weighted by molar-refractivity contribution is 6.30. The predicted octanol–water partition coefficient (Wildman–Crippen LogP) is 3.83. The molecule has 0 radical (unpaired) electrons. The maximum absolute atomic E-state index is 12.0. The first-order valence-electron chi connectivity index (χ1n) is 7.55. The summed E-state index contributed by atoms with van der Waals surface area (Å²) in [6.07, 6.45) is 1.59. The van der Waals surface area contributed by atoms with Crippen molar-refractivity contribution in [1.29, 1.82) is 0 Å². The molecule has 0 aliphatic heterocycles. The molecule has 2 rings (SSSR count). The van der Waals surface area contributed by atoms with E-state index in [2.05, 4.69) is 5.32 Å². The lowest BCUT2D eigenvalue weighted by Gasteiger charge is -2.12. The lowest BCUT2D eigenvalue weighted by atomic mass is 10.2. The van der Waals surface area contributed by atoms with Gasteiger partial charge in [0.25, 0.3) is 11.6 Å². The average Bonchev–Trinajstić information content (AvgIpc) is 2.62. The number of rotatable bonds is 6. The van der Waals surface area contributed by atoms with Gasteiger partial charge in [0.1, 0.15) is 0 Å². The van der Waals surface area contributed by atoms with Crippen LogP contribution in [0, 0.1) is 10.1 Å². The number of hydrogen-bond donors (Lipinski definition) is 1. The van der Waals surface area contributed by atoms with Crippen molar-refractivity contribution in [2.75, 3.05) is 5.32 Å². The molecule has 0 heterocycles. The molecule has 2 aromatic carbocycles. The number of ether oxygens (including phenoxy) is 1. The molecule has 0 aliphatic carbocycles. The Labute approximate surface area is 154 Å². The van der Waals surface area contributed by atoms with Crippen molar-refractivity contribution in [3.63, 3.8) is 0 Å². The summed E-state index contributed by atoms with van der Waals surface area (Å²) in [5.74, 6) is -1.19. The zero-order chi connectivity index (χ0) is 19.1. The Hall–Kier alpha value is -3.19. The van der Waals surface area contributed by atoms with Crippen LogP contribution < -0.4 is 5.32 Å². The Morgan fingerprint density at radius 2 is 1.77 bits per heavy atom. The summed E-state index contributed by atoms with van der Waals surface area (Å²) in [5, 5.41) is 13.7. The number of nitrogens with zero attached hydrogens (tertiary/aromatic N) is 1. The quantitative estimate of drug-likeness (QED) is 0.358. The zero-order valence-corrected chi connectivity index (χ0v) is 14.5. The lowest BCUT2D eigenvalue weighted by Crippen LogP contribution is -2.29. The van der Waals surface area contributed by atoms with Crippen molar-refractivity contribution >= 4 is 40.9 Å². The molecular weight excluding hydrogens is 360 g/mol. The van der Waals surface area contributed by atoms with Crippen LogP contribution in [-0.2, 0) is 14.3 Å². The maximum atomic E-state index is 12.0. The zero-order valence-electron chi connectivity index (χ0n) is 13.7. The van der Waals surface area contributed by atoms with Crippen LogP contribution in [0.3, 0.4) is 0 Å². The van der Waals surface area contributed by atoms with Gasteiger partial charge in [-0.15, -0.1) is 0 Å². The van der Waals surface area contributed by atoms with Crippen LogP contribution >= 0.6 is 11.6 Å². The van der Waals surface area contributed by atoms with E-state index >= 15 is 0 Å². The molecule has 8 heteroatoms. The van der Waals surface area contributed by atoms with Crippen LogP contribution in [0.4, 0.5) is 11.4 Å². The number of amides is 1. The van der Waals surface area contributed by atoms with Gasteiger partial charge in [-0.25, -0.2) is 4.79 Å². The summed E-state index contributed by atoms with van der Waals surface area (Å²) >= 11 is 5.77. The third-order valence-corrected chi connectivity index (χ3v) is 3.54. The molecule has 1 N–H and O–H groups in total. The second-order valence-electron chi connectivity index (χ2n) is 5.26. The fourth-order valence-corrected chi connectivity index (χ4v) is 2.04. The number of non-ortho nitro benzene ring substituents is 1. The molecule has 0 saturated carbocycles. The molecule has 26 heavy (non-hydrogen) atoms. The average molecular weight is 375 g/mol. The molecule has 0 aromatic heterocycles. The highest BCUT2D eigenvalue weighted by Gasteiger charge is 2.16. The molecule has 7 nitrogen and oxygen atoms in total. The number of carbonyl (C=O) groups is 2. The van der Waals surface area contributed by atoms with E-state index in [1.807, 2.05) is 0 Å². The first kappa shape index (κ1) is 19.1. The second-order valence-corrected chi connectivity index (χ2v) is 5.69. The van der Waals surface area contributed by atoms with Gasteiger partial charge in [-0.1, -0.05) is 11.6 Å². The van der Waals surface area contributed by atoms with Crippen LogP contribution in [0.15, 0.2) is 54.6 Å². The van der Waals surface area contributed by atoms with Crippen molar-refractivity contribution in [2.45, 2.75) is 13.0 Å². The molecule has 0 saturated heterocycles. The van der Waals surface area contributed by atoms with E-state index in [0.717, 1.165) is 6.08 Å². The first-order chi connectivity index (χ1) is 12.3. The minimum atomic E-state index is -1.00. The molecule has 0 bridgehead atoms. The van der Waals surface area contributed by atoms with E-state index in [-0.39, 0.29) is 5.69 Å². The van der Waals surface area contributed by atoms with Crippen LogP contribution in [-0.4, -0.2) is 22.9 Å². The van der Waals surface area contributed by atoms with Gasteiger partial charge >= 0.3 is 5.97 Å². The van der Waals surface area contributed by atoms with E-state index in [1.165, 1.54) is 37.3 Å². The van der Waals surface area contributed by atoms with Gasteiger partial charge in [0, 0.05) is 28.9 Å². The minimum Gasteiger partial charge on any atom is -0.449 e. The van der Waals surface area contributed by atoms with Gasteiger partial charge in [0.15, 0.2) is 6.10 Å². The highest BCUT2D eigenvalue weighted by Crippen LogP contribution is 2.14. The molecule has 134 valence electrons. The summed E-state index contributed by atoms with van der Waals surface area (Å²) < 4.78 is 5.02. The van der Waals surface area contributed by atoms with Gasteiger partial charge < -0.3 is 10.1 Å². The van der Waals surface area contributed by atoms with Gasteiger partial charge in [-0.05, 0) is 55.0 Å². The third-order valence-electron chi connectivity index (χ3n) is 3.29. The molecule has 0 spiro atoms. The van der Waals surface area contributed by atoms with Crippen molar-refractivity contribution in [3.05, 3.63) is 75.3 Å².